The van der Waals surface area contributed by atoms with Gasteiger partial charge >= 0.3 is 0 Å². The predicted molar refractivity (Wildman–Crippen MR) is 96.8 cm³/mol. The first-order valence-corrected chi connectivity index (χ1v) is 8.98. The molecule has 1 aliphatic rings. The van der Waals surface area contributed by atoms with Gasteiger partial charge in [0.2, 0.25) is 5.78 Å². The van der Waals surface area contributed by atoms with Crippen molar-refractivity contribution in [2.75, 3.05) is 6.26 Å². The number of aliphatic hydroxyl groups is 1. The molecule has 0 aromatic carbocycles. The molecule has 0 saturated heterocycles. The van der Waals surface area contributed by atoms with Crippen LogP contribution in [0, 0.1) is 0 Å². The molecular weight excluding hydrogens is 413 g/mol. The Hall–Kier alpha value is 0.910. The second kappa shape index (κ2) is 5.96. The van der Waals surface area contributed by atoms with E-state index in [0.717, 1.165) is 0 Å². The molecule has 110 valence electrons. The van der Waals surface area contributed by atoms with Gasteiger partial charge in [-0.15, -0.1) is 0 Å². The van der Waals surface area contributed by atoms with Gasteiger partial charge in [0.15, 0.2) is 6.10 Å². The molecule has 1 aliphatic carbocycles. The fraction of sp³-hybridized carbons (Fsp3) is 0.727. The highest BCUT2D eigenvalue weighted by molar-refractivity contribution is 14.1. The summed E-state index contributed by atoms with van der Waals surface area (Å²) >= 11 is 3.95. The van der Waals surface area contributed by atoms with Crippen LogP contribution in [-0.2, 0) is 4.79 Å². The number of hydrogen-bond acceptors (Lipinski definition) is 5. The van der Waals surface area contributed by atoms with E-state index in [-0.39, 0.29) is 16.1 Å². The molecule has 0 fully saturated rings. The number of halogens is 1. The Morgan fingerprint density at radius 3 is 2.16 bits per heavy atom. The molecule has 0 heterocycles. The normalized spacial score (nSPS) is 20.5. The zero-order chi connectivity index (χ0) is 15.2. The minimum atomic E-state index is -1.02. The second-order valence-corrected chi connectivity index (χ2v) is 9.56. The van der Waals surface area contributed by atoms with Crippen molar-refractivity contribution in [3.8, 4) is 0 Å². The molecular formula is C11H21IN2O2P2S. The van der Waals surface area contributed by atoms with E-state index in [1.807, 2.05) is 3.11 Å². The van der Waals surface area contributed by atoms with Crippen LogP contribution in [0.1, 0.15) is 27.7 Å². The van der Waals surface area contributed by atoms with E-state index < -0.39 is 6.10 Å². The molecule has 0 bridgehead atoms. The van der Waals surface area contributed by atoms with E-state index in [2.05, 4.69) is 75.6 Å². The minimum absolute atomic E-state index is 0.0305. The predicted octanol–water partition coefficient (Wildman–Crippen LogP) is 2.60. The first-order chi connectivity index (χ1) is 8.49. The Balaban J connectivity index is 3.20. The summed E-state index contributed by atoms with van der Waals surface area (Å²) in [4.78, 5) is 11.8. The molecule has 0 aromatic heterocycles. The molecule has 19 heavy (non-hydrogen) atoms. The smallest absolute Gasteiger partial charge is 0.215 e. The van der Waals surface area contributed by atoms with Gasteiger partial charge in [-0.2, -0.15) is 11.8 Å². The highest BCUT2D eigenvalue weighted by atomic mass is 127. The van der Waals surface area contributed by atoms with Gasteiger partial charge in [-0.25, -0.2) is 0 Å². The summed E-state index contributed by atoms with van der Waals surface area (Å²) in [7, 11) is 4.87. The number of rotatable bonds is 5. The maximum atomic E-state index is 11.8. The number of hydrogen-bond donors (Lipinski definition) is 1. The summed E-state index contributed by atoms with van der Waals surface area (Å²) in [5.41, 5.74) is 0.977. The van der Waals surface area contributed by atoms with Crippen molar-refractivity contribution in [1.29, 1.82) is 0 Å². The van der Waals surface area contributed by atoms with Gasteiger partial charge < -0.3 is 12.7 Å². The third-order valence-electron chi connectivity index (χ3n) is 3.93. The number of carbonyl (C=O) groups is 1. The zero-order valence-corrected chi connectivity index (χ0v) is 17.1. The fourth-order valence-electron chi connectivity index (χ4n) is 1.68. The highest BCUT2D eigenvalue weighted by Gasteiger charge is 2.49. The molecule has 0 saturated carbocycles. The monoisotopic (exact) mass is 434 g/mol. The maximum Gasteiger partial charge on any atom is 0.215 e. The van der Waals surface area contributed by atoms with E-state index >= 15 is 0 Å². The summed E-state index contributed by atoms with van der Waals surface area (Å²) in [6, 6.07) is 0. The van der Waals surface area contributed by atoms with Crippen molar-refractivity contribution in [2.45, 2.75) is 44.1 Å². The zero-order valence-electron chi connectivity index (χ0n) is 11.8. The standard InChI is InChI=1S/C11H21IN2O2P2S/c1-10(2,11(3,4)19-5)13(12)6-7(14(17)18)9(16)8(6)15/h8,15H,17-18H2,1-5H3. The van der Waals surface area contributed by atoms with Crippen molar-refractivity contribution < 1.29 is 9.90 Å². The van der Waals surface area contributed by atoms with Crippen LogP contribution in [0.25, 0.3) is 0 Å². The van der Waals surface area contributed by atoms with Crippen LogP contribution in [-0.4, -0.2) is 41.1 Å². The number of ketones is 1. The maximum absolute atomic E-state index is 11.8. The molecule has 3 unspecified atom stereocenters. The molecule has 0 radical (unpaired) electrons. The van der Waals surface area contributed by atoms with Crippen LogP contribution in [0.4, 0.5) is 0 Å². The summed E-state index contributed by atoms with van der Waals surface area (Å²) < 4.78 is 3.57. The lowest BCUT2D eigenvalue weighted by Gasteiger charge is -2.50. The number of Topliss-reactive ketones (excluding diaryl/α,β-unsaturated/α-hetero) is 1. The molecule has 0 aromatic rings. The second-order valence-electron chi connectivity index (χ2n) is 5.46. The van der Waals surface area contributed by atoms with E-state index in [1.54, 1.807) is 16.2 Å². The lowest BCUT2D eigenvalue weighted by atomic mass is 9.86. The lowest BCUT2D eigenvalue weighted by molar-refractivity contribution is -0.126. The van der Waals surface area contributed by atoms with Gasteiger partial charge in [0.05, 0.1) is 34.1 Å². The van der Waals surface area contributed by atoms with Gasteiger partial charge in [-0.1, -0.05) is 0 Å². The minimum Gasteiger partial charge on any atom is -0.378 e. The Morgan fingerprint density at radius 1 is 1.32 bits per heavy atom. The van der Waals surface area contributed by atoms with Gasteiger partial charge in [0, 0.05) is 4.75 Å². The van der Waals surface area contributed by atoms with Crippen LogP contribution in [0.15, 0.2) is 11.4 Å². The molecule has 8 heteroatoms. The van der Waals surface area contributed by atoms with Gasteiger partial charge in [0.25, 0.3) is 0 Å². The quantitative estimate of drug-likeness (QED) is 0.410. The average Bonchev–Trinajstić information content (AvgIpc) is 2.32. The van der Waals surface area contributed by atoms with Crippen LogP contribution in [0.5, 0.6) is 0 Å². The Labute approximate surface area is 138 Å². The summed E-state index contributed by atoms with van der Waals surface area (Å²) in [5, 5.41) is 9.96. The van der Waals surface area contributed by atoms with Crippen LogP contribution < -0.4 is 0 Å². The van der Waals surface area contributed by atoms with Crippen molar-refractivity contribution in [3.63, 3.8) is 0 Å². The summed E-state index contributed by atoms with van der Waals surface area (Å²) in [6.07, 6.45) is 1.05. The van der Waals surface area contributed by atoms with Crippen molar-refractivity contribution in [1.82, 2.24) is 7.55 Å². The molecule has 0 spiro atoms. The average molecular weight is 434 g/mol. The van der Waals surface area contributed by atoms with Crippen molar-refractivity contribution >= 4 is 59.2 Å². The van der Waals surface area contributed by atoms with Gasteiger partial charge in [0.1, 0.15) is 5.70 Å². The van der Waals surface area contributed by atoms with E-state index in [1.165, 1.54) is 0 Å². The molecule has 4 nitrogen and oxygen atoms in total. The topological polar surface area (TPSA) is 43.8 Å². The van der Waals surface area contributed by atoms with E-state index in [9.17, 15) is 9.90 Å². The van der Waals surface area contributed by atoms with Gasteiger partial charge in [-0.3, -0.25) is 4.79 Å². The number of thioether (sulfide) groups is 1. The molecule has 0 amide bonds. The third-order valence-corrected chi connectivity index (χ3v) is 7.69. The van der Waals surface area contributed by atoms with Crippen LogP contribution in [0.2, 0.25) is 0 Å². The number of nitrogens with zero attached hydrogens (tertiary/aromatic N) is 2. The number of aliphatic hydroxyl groups excluding tert-OH is 1. The van der Waals surface area contributed by atoms with Crippen LogP contribution >= 0.6 is 53.4 Å². The first kappa shape index (κ1) is 18.0. The molecule has 1 N–H and O–H groups in total. The molecule has 1 rings (SSSR count). The first-order valence-electron chi connectivity index (χ1n) is 5.76. The Kier molecular flexibility index (Phi) is 5.63. The Bertz CT molecular complexity index is 427. The third kappa shape index (κ3) is 2.94. The van der Waals surface area contributed by atoms with E-state index in [4.69, 9.17) is 0 Å². The van der Waals surface area contributed by atoms with Crippen molar-refractivity contribution in [2.24, 2.45) is 0 Å². The lowest BCUT2D eigenvalue weighted by Crippen LogP contribution is -2.57. The largest absolute Gasteiger partial charge is 0.378 e. The Morgan fingerprint density at radius 2 is 1.79 bits per heavy atom. The molecule has 0 aliphatic heterocycles. The summed E-state index contributed by atoms with van der Waals surface area (Å²) in [5.74, 6) is -0.237. The number of carbonyl (C=O) groups excluding carboxylic acids is 1. The van der Waals surface area contributed by atoms with Crippen molar-refractivity contribution in [3.05, 3.63) is 11.4 Å². The van der Waals surface area contributed by atoms with E-state index in [0.29, 0.717) is 11.4 Å². The van der Waals surface area contributed by atoms with Crippen LogP contribution in [0.3, 0.4) is 0 Å². The summed E-state index contributed by atoms with van der Waals surface area (Å²) in [6.45, 7) is 8.56. The fourth-order valence-corrected chi connectivity index (χ4v) is 4.05. The van der Waals surface area contributed by atoms with Gasteiger partial charge in [-0.05, 0) is 52.7 Å². The highest BCUT2D eigenvalue weighted by Crippen LogP contribution is 2.46. The SMILES string of the molecule is CSC(C)(C)C(C)(C)N(I)C1=C(N(P)P)C(=O)C1O. The molecule has 3 atom stereocenters.